The minimum atomic E-state index is -3.72. The van der Waals surface area contributed by atoms with Gasteiger partial charge in [-0.3, -0.25) is 0 Å². The van der Waals surface area contributed by atoms with Crippen molar-refractivity contribution in [1.29, 1.82) is 0 Å². The Hall–Kier alpha value is 0.220. The molecule has 1 aromatic rings. The largest absolute Gasteiger partial charge is 0.492 e. The van der Waals surface area contributed by atoms with E-state index in [-0.39, 0.29) is 4.90 Å². The molecule has 7 heteroatoms. The lowest BCUT2D eigenvalue weighted by Crippen LogP contribution is -1.96. The van der Waals surface area contributed by atoms with E-state index in [0.717, 1.165) is 0 Å². The molecule has 84 valence electrons. The second-order valence-electron chi connectivity index (χ2n) is 2.59. The predicted octanol–water partition coefficient (Wildman–Crippen LogP) is 3.54. The van der Waals surface area contributed by atoms with Crippen LogP contribution in [0, 0.1) is 0 Å². The van der Waals surface area contributed by atoms with Gasteiger partial charge in [0.2, 0.25) is 0 Å². The number of rotatable bonds is 3. The fourth-order valence-electron chi connectivity index (χ4n) is 0.960. The van der Waals surface area contributed by atoms with Crippen LogP contribution in [0.25, 0.3) is 0 Å². The molecule has 0 saturated carbocycles. The van der Waals surface area contributed by atoms with Crippen LogP contribution in [0.2, 0.25) is 0 Å². The average molecular weight is 378 g/mol. The average Bonchev–Trinajstić information content (AvgIpc) is 2.09. The van der Waals surface area contributed by atoms with Gasteiger partial charge < -0.3 is 4.74 Å². The molecule has 0 saturated heterocycles. The van der Waals surface area contributed by atoms with Crippen LogP contribution in [0.4, 0.5) is 0 Å². The van der Waals surface area contributed by atoms with Crippen LogP contribution in [0.5, 0.6) is 5.75 Å². The van der Waals surface area contributed by atoms with Gasteiger partial charge in [0.25, 0.3) is 9.05 Å². The van der Waals surface area contributed by atoms with Gasteiger partial charge in [-0.1, -0.05) is 0 Å². The van der Waals surface area contributed by atoms with Crippen molar-refractivity contribution >= 4 is 51.6 Å². The van der Waals surface area contributed by atoms with E-state index in [0.29, 0.717) is 21.3 Å². The Morgan fingerprint density at radius 1 is 1.33 bits per heavy atom. The van der Waals surface area contributed by atoms with Crippen molar-refractivity contribution < 1.29 is 13.2 Å². The van der Waals surface area contributed by atoms with E-state index >= 15 is 0 Å². The van der Waals surface area contributed by atoms with E-state index in [1.807, 2.05) is 6.92 Å². The summed E-state index contributed by atoms with van der Waals surface area (Å²) in [5, 5.41) is 0. The Bertz CT molecular complexity index is 450. The molecule has 0 aromatic heterocycles. The molecule has 15 heavy (non-hydrogen) atoms. The van der Waals surface area contributed by atoms with E-state index in [4.69, 9.17) is 15.4 Å². The van der Waals surface area contributed by atoms with Crippen LogP contribution in [0.1, 0.15) is 6.92 Å². The summed E-state index contributed by atoms with van der Waals surface area (Å²) < 4.78 is 28.6. The molecule has 0 aliphatic heterocycles. The molecule has 0 spiro atoms. The molecule has 0 amide bonds. The Morgan fingerprint density at radius 2 is 1.80 bits per heavy atom. The summed E-state index contributed by atoms with van der Waals surface area (Å²) in [5.74, 6) is 0.557. The molecule has 0 N–H and O–H groups in total. The maximum atomic E-state index is 11.1. The molecule has 0 heterocycles. The zero-order chi connectivity index (χ0) is 11.6. The third-order valence-corrected chi connectivity index (χ3v) is 4.05. The van der Waals surface area contributed by atoms with Crippen molar-refractivity contribution in [2.24, 2.45) is 0 Å². The van der Waals surface area contributed by atoms with E-state index < -0.39 is 9.05 Å². The lowest BCUT2D eigenvalue weighted by atomic mass is 10.3. The van der Waals surface area contributed by atoms with E-state index in [1.54, 1.807) is 0 Å². The monoisotopic (exact) mass is 376 g/mol. The summed E-state index contributed by atoms with van der Waals surface area (Å²) in [4.78, 5) is 0.0198. The van der Waals surface area contributed by atoms with Gasteiger partial charge in [0, 0.05) is 10.7 Å². The normalized spacial score (nSPS) is 11.5. The topological polar surface area (TPSA) is 43.4 Å². The SMILES string of the molecule is CCOc1c(Br)cc(S(=O)(=O)Cl)cc1Br. The number of hydrogen-bond acceptors (Lipinski definition) is 3. The Morgan fingerprint density at radius 3 is 2.13 bits per heavy atom. The minimum Gasteiger partial charge on any atom is -0.492 e. The molecule has 0 fully saturated rings. The zero-order valence-electron chi connectivity index (χ0n) is 7.63. The number of halogens is 3. The highest BCUT2D eigenvalue weighted by Crippen LogP contribution is 2.36. The first kappa shape index (κ1) is 13.3. The molecule has 0 aliphatic carbocycles. The van der Waals surface area contributed by atoms with Crippen LogP contribution >= 0.6 is 42.5 Å². The summed E-state index contributed by atoms with van der Waals surface area (Å²) in [6.45, 7) is 2.33. The molecular weight excluding hydrogens is 371 g/mol. The third kappa shape index (κ3) is 3.34. The summed E-state index contributed by atoms with van der Waals surface area (Å²) in [5.41, 5.74) is 0. The van der Waals surface area contributed by atoms with Crippen molar-refractivity contribution in [3.05, 3.63) is 21.1 Å². The Kier molecular flexibility index (Phi) is 4.46. The second-order valence-corrected chi connectivity index (χ2v) is 6.86. The van der Waals surface area contributed by atoms with Gasteiger partial charge in [-0.05, 0) is 50.9 Å². The second kappa shape index (κ2) is 5.03. The van der Waals surface area contributed by atoms with Gasteiger partial charge in [-0.25, -0.2) is 8.42 Å². The third-order valence-electron chi connectivity index (χ3n) is 1.54. The van der Waals surface area contributed by atoms with E-state index in [2.05, 4.69) is 31.9 Å². The number of hydrogen-bond donors (Lipinski definition) is 0. The maximum absolute atomic E-state index is 11.1. The van der Waals surface area contributed by atoms with Crippen LogP contribution in [0.3, 0.4) is 0 Å². The lowest BCUT2D eigenvalue weighted by Gasteiger charge is -2.09. The fraction of sp³-hybridized carbons (Fsp3) is 0.250. The summed E-state index contributed by atoms with van der Waals surface area (Å²) in [6, 6.07) is 2.80. The molecule has 3 nitrogen and oxygen atoms in total. The van der Waals surface area contributed by atoms with Crippen molar-refractivity contribution in [3.63, 3.8) is 0 Å². The first-order valence-electron chi connectivity index (χ1n) is 3.92. The summed E-state index contributed by atoms with van der Waals surface area (Å²) in [7, 11) is 1.50. The minimum absolute atomic E-state index is 0.0198. The van der Waals surface area contributed by atoms with Gasteiger partial charge in [0.15, 0.2) is 0 Å². The highest BCUT2D eigenvalue weighted by atomic mass is 79.9. The van der Waals surface area contributed by atoms with Gasteiger partial charge in [0.1, 0.15) is 5.75 Å². The standard InChI is InChI=1S/C8H7Br2ClO3S/c1-2-14-8-6(9)3-5(4-7(8)10)15(11,12)13/h3-4H,2H2,1H3. The molecular formula is C8H7Br2ClO3S. The molecule has 0 atom stereocenters. The van der Waals surface area contributed by atoms with Crippen molar-refractivity contribution in [2.75, 3.05) is 6.61 Å². The molecule has 1 aromatic carbocycles. The van der Waals surface area contributed by atoms with Crippen molar-refractivity contribution in [1.82, 2.24) is 0 Å². The van der Waals surface area contributed by atoms with Gasteiger partial charge in [-0.15, -0.1) is 0 Å². The number of ether oxygens (including phenoxy) is 1. The zero-order valence-corrected chi connectivity index (χ0v) is 12.4. The highest BCUT2D eigenvalue weighted by molar-refractivity contribution is 9.11. The van der Waals surface area contributed by atoms with Gasteiger partial charge >= 0.3 is 0 Å². The number of benzene rings is 1. The first-order chi connectivity index (χ1) is 6.86. The van der Waals surface area contributed by atoms with Crippen LogP contribution in [0.15, 0.2) is 26.0 Å². The highest BCUT2D eigenvalue weighted by Gasteiger charge is 2.15. The molecule has 0 unspecified atom stereocenters. The van der Waals surface area contributed by atoms with Gasteiger partial charge in [-0.2, -0.15) is 0 Å². The lowest BCUT2D eigenvalue weighted by molar-refractivity contribution is 0.335. The predicted molar refractivity (Wildman–Crippen MR) is 66.0 cm³/mol. The fourth-order valence-corrected chi connectivity index (χ4v) is 3.46. The smallest absolute Gasteiger partial charge is 0.261 e. The van der Waals surface area contributed by atoms with E-state index in [9.17, 15) is 8.42 Å². The van der Waals surface area contributed by atoms with Crippen LogP contribution in [-0.4, -0.2) is 15.0 Å². The van der Waals surface area contributed by atoms with E-state index in [1.165, 1.54) is 12.1 Å². The first-order valence-corrected chi connectivity index (χ1v) is 7.82. The van der Waals surface area contributed by atoms with Gasteiger partial charge in [0.05, 0.1) is 20.4 Å². The molecule has 1 rings (SSSR count). The quantitative estimate of drug-likeness (QED) is 0.756. The maximum Gasteiger partial charge on any atom is 0.261 e. The van der Waals surface area contributed by atoms with Crippen LogP contribution < -0.4 is 4.74 Å². The summed E-state index contributed by atoms with van der Waals surface area (Å²) in [6.07, 6.45) is 0. The summed E-state index contributed by atoms with van der Waals surface area (Å²) >= 11 is 6.43. The van der Waals surface area contributed by atoms with Crippen molar-refractivity contribution in [2.45, 2.75) is 11.8 Å². The molecule has 0 aliphatic rings. The Balaban J connectivity index is 3.32. The molecule has 0 bridgehead atoms. The Labute approximate surface area is 109 Å². The van der Waals surface area contributed by atoms with Crippen molar-refractivity contribution in [3.8, 4) is 5.75 Å². The van der Waals surface area contributed by atoms with Crippen LogP contribution in [-0.2, 0) is 9.05 Å². The molecule has 0 radical (unpaired) electrons.